The molecule has 4 rings (SSSR count). The Hall–Kier alpha value is -2.75. The smallest absolute Gasteiger partial charge is 0.364 e. The first-order valence-corrected chi connectivity index (χ1v) is 9.33. The highest BCUT2D eigenvalue weighted by Crippen LogP contribution is 2.29. The molecule has 0 amide bonds. The summed E-state index contributed by atoms with van der Waals surface area (Å²) in [7, 11) is 0. The van der Waals surface area contributed by atoms with Crippen LogP contribution >= 0.6 is 0 Å². The van der Waals surface area contributed by atoms with E-state index in [9.17, 15) is 17.6 Å². The lowest BCUT2D eigenvalue weighted by Gasteiger charge is -2.35. The van der Waals surface area contributed by atoms with Crippen molar-refractivity contribution in [2.24, 2.45) is 0 Å². The zero-order valence-electron chi connectivity index (χ0n) is 15.5. The van der Waals surface area contributed by atoms with E-state index in [0.29, 0.717) is 42.8 Å². The van der Waals surface area contributed by atoms with Gasteiger partial charge >= 0.3 is 6.18 Å². The molecule has 10 heteroatoms. The molecule has 29 heavy (non-hydrogen) atoms. The highest BCUT2D eigenvalue weighted by Gasteiger charge is 2.31. The van der Waals surface area contributed by atoms with Crippen LogP contribution in [0.3, 0.4) is 0 Å². The van der Waals surface area contributed by atoms with Crippen LogP contribution in [0.2, 0.25) is 0 Å². The van der Waals surface area contributed by atoms with Crippen molar-refractivity contribution in [3.63, 3.8) is 0 Å². The van der Waals surface area contributed by atoms with E-state index in [2.05, 4.69) is 25.5 Å². The fourth-order valence-electron chi connectivity index (χ4n) is 3.54. The van der Waals surface area contributed by atoms with Gasteiger partial charge in [0.1, 0.15) is 18.3 Å². The minimum Gasteiger partial charge on any atom is -0.364 e. The Morgan fingerprint density at radius 2 is 1.97 bits per heavy atom. The second kappa shape index (κ2) is 7.94. The summed E-state index contributed by atoms with van der Waals surface area (Å²) in [6.45, 7) is 1.55. The number of fused-ring (bicyclic) bond motifs is 1. The predicted molar refractivity (Wildman–Crippen MR) is 100 cm³/mol. The molecule has 2 N–H and O–H groups in total. The fourth-order valence-corrected chi connectivity index (χ4v) is 3.54. The van der Waals surface area contributed by atoms with E-state index in [4.69, 9.17) is 0 Å². The summed E-state index contributed by atoms with van der Waals surface area (Å²) in [6.07, 6.45) is -1.25. The van der Waals surface area contributed by atoms with E-state index >= 15 is 0 Å². The van der Waals surface area contributed by atoms with Gasteiger partial charge in [-0.15, -0.1) is 0 Å². The molecule has 3 aromatic rings. The van der Waals surface area contributed by atoms with Crippen LogP contribution in [-0.4, -0.2) is 56.9 Å². The second-order valence-corrected chi connectivity index (χ2v) is 7.16. The molecular weight excluding hydrogens is 388 g/mol. The van der Waals surface area contributed by atoms with Crippen molar-refractivity contribution in [1.82, 2.24) is 25.1 Å². The molecule has 3 heterocycles. The number of H-pyrrole nitrogens is 1. The Labute approximate surface area is 164 Å². The maximum absolute atomic E-state index is 14.7. The Bertz CT molecular complexity index is 955. The van der Waals surface area contributed by atoms with Gasteiger partial charge in [0.15, 0.2) is 5.65 Å². The molecule has 1 aliphatic rings. The number of hydrogen-bond donors (Lipinski definition) is 2. The molecule has 2 aromatic heterocycles. The largest absolute Gasteiger partial charge is 0.416 e. The third kappa shape index (κ3) is 4.47. The van der Waals surface area contributed by atoms with Gasteiger partial charge < -0.3 is 5.32 Å². The summed E-state index contributed by atoms with van der Waals surface area (Å²) in [4.78, 5) is 10.2. The van der Waals surface area contributed by atoms with Crippen LogP contribution in [0.5, 0.6) is 0 Å². The predicted octanol–water partition coefficient (Wildman–Crippen LogP) is 3.44. The molecule has 0 bridgehead atoms. The molecule has 1 aliphatic heterocycles. The first kappa shape index (κ1) is 19.6. The Morgan fingerprint density at radius 1 is 1.17 bits per heavy atom. The fraction of sp³-hybridized carbons (Fsp3) is 0.421. The van der Waals surface area contributed by atoms with Crippen molar-refractivity contribution in [3.8, 4) is 0 Å². The third-order valence-corrected chi connectivity index (χ3v) is 5.19. The molecular formula is C19H20F4N6. The maximum atomic E-state index is 14.7. The average molecular weight is 408 g/mol. The normalized spacial score (nSPS) is 20.8. The molecule has 1 saturated heterocycles. The number of nitrogens with zero attached hydrogens (tertiary/aromatic N) is 4. The number of aromatic amines is 1. The first-order valence-electron chi connectivity index (χ1n) is 9.33. The lowest BCUT2D eigenvalue weighted by molar-refractivity contribution is -0.137. The van der Waals surface area contributed by atoms with E-state index in [1.54, 1.807) is 6.20 Å². The molecule has 2 atom stereocenters. The van der Waals surface area contributed by atoms with Gasteiger partial charge in [0.25, 0.3) is 0 Å². The van der Waals surface area contributed by atoms with Gasteiger partial charge in [-0.2, -0.15) is 18.3 Å². The molecule has 154 valence electrons. The minimum atomic E-state index is -4.33. The molecule has 1 fully saturated rings. The highest BCUT2D eigenvalue weighted by atomic mass is 19.4. The number of aromatic nitrogens is 4. The van der Waals surface area contributed by atoms with Crippen LogP contribution in [-0.2, 0) is 12.6 Å². The minimum absolute atomic E-state index is 0.262. The van der Waals surface area contributed by atoms with E-state index in [0.717, 1.165) is 17.7 Å². The Balaban J connectivity index is 1.30. The summed E-state index contributed by atoms with van der Waals surface area (Å²) in [5.74, 6) is 0.551. The van der Waals surface area contributed by atoms with E-state index in [1.807, 2.05) is 4.90 Å². The van der Waals surface area contributed by atoms with Gasteiger partial charge in [-0.3, -0.25) is 10.00 Å². The van der Waals surface area contributed by atoms with E-state index < -0.39 is 17.9 Å². The number of nitrogens with one attached hydrogen (secondary N) is 2. The van der Waals surface area contributed by atoms with Gasteiger partial charge in [-0.1, -0.05) is 12.1 Å². The second-order valence-electron chi connectivity index (χ2n) is 7.16. The number of halogens is 4. The van der Waals surface area contributed by atoms with Crippen LogP contribution in [0.4, 0.5) is 23.4 Å². The van der Waals surface area contributed by atoms with E-state index in [-0.39, 0.29) is 12.6 Å². The van der Waals surface area contributed by atoms with Gasteiger partial charge in [0.2, 0.25) is 0 Å². The van der Waals surface area contributed by atoms with Crippen LogP contribution in [0.1, 0.15) is 17.5 Å². The van der Waals surface area contributed by atoms with Gasteiger partial charge in [-0.25, -0.2) is 14.4 Å². The van der Waals surface area contributed by atoms with Crippen molar-refractivity contribution in [2.75, 3.05) is 25.0 Å². The highest BCUT2D eigenvalue weighted by molar-refractivity contribution is 5.85. The van der Waals surface area contributed by atoms with Crippen LogP contribution in [0.25, 0.3) is 11.0 Å². The lowest BCUT2D eigenvalue weighted by Crippen LogP contribution is -2.48. The topological polar surface area (TPSA) is 69.7 Å². The summed E-state index contributed by atoms with van der Waals surface area (Å²) in [5, 5.41) is 10.5. The number of rotatable bonds is 5. The zero-order valence-corrected chi connectivity index (χ0v) is 15.5. The summed E-state index contributed by atoms with van der Waals surface area (Å²) >= 11 is 0. The molecule has 0 spiro atoms. The molecule has 1 aromatic carbocycles. The summed E-state index contributed by atoms with van der Waals surface area (Å²) < 4.78 is 52.6. The maximum Gasteiger partial charge on any atom is 0.416 e. The molecule has 0 saturated carbocycles. The number of anilines is 1. The Morgan fingerprint density at radius 3 is 2.69 bits per heavy atom. The molecule has 0 aliphatic carbocycles. The number of likely N-dealkylation sites (tertiary alicyclic amines) is 1. The Kier molecular flexibility index (Phi) is 5.35. The number of hydrogen-bond acceptors (Lipinski definition) is 5. The van der Waals surface area contributed by atoms with Gasteiger partial charge in [-0.05, 0) is 30.5 Å². The number of benzene rings is 1. The van der Waals surface area contributed by atoms with Crippen molar-refractivity contribution < 1.29 is 17.6 Å². The van der Waals surface area contributed by atoms with Crippen molar-refractivity contribution in [1.29, 1.82) is 0 Å². The monoisotopic (exact) mass is 408 g/mol. The number of alkyl halides is 4. The first-order chi connectivity index (χ1) is 13.9. The van der Waals surface area contributed by atoms with Crippen molar-refractivity contribution >= 4 is 16.9 Å². The molecule has 6 nitrogen and oxygen atoms in total. The average Bonchev–Trinajstić information content (AvgIpc) is 3.18. The van der Waals surface area contributed by atoms with Crippen LogP contribution in [0, 0.1) is 0 Å². The summed E-state index contributed by atoms with van der Waals surface area (Å²) in [5.41, 5.74) is 0.734. The van der Waals surface area contributed by atoms with Gasteiger partial charge in [0.05, 0.1) is 23.2 Å². The van der Waals surface area contributed by atoms with Crippen LogP contribution < -0.4 is 5.32 Å². The lowest BCUT2D eigenvalue weighted by atomic mass is 10.0. The van der Waals surface area contributed by atoms with Crippen molar-refractivity contribution in [3.05, 3.63) is 47.9 Å². The standard InChI is InChI=1S/C19H20F4N6/c20-15-10-29(7-5-12-1-3-13(4-2-12)19(21,22)23)8-6-16(15)27-17-14-9-26-28-18(14)25-11-24-17/h1-4,9,11,15-16H,5-8,10H2,(H2,24,25,26,27,28)/t15-,16-/m0/s1. The third-order valence-electron chi connectivity index (χ3n) is 5.19. The van der Waals surface area contributed by atoms with E-state index in [1.165, 1.54) is 18.5 Å². The zero-order chi connectivity index (χ0) is 20.4. The number of piperidine rings is 1. The van der Waals surface area contributed by atoms with Crippen molar-refractivity contribution in [2.45, 2.75) is 31.2 Å². The van der Waals surface area contributed by atoms with Gasteiger partial charge in [0, 0.05) is 19.6 Å². The SMILES string of the molecule is F[C@H]1CN(CCc2ccc(C(F)(F)F)cc2)CC[C@@H]1Nc1ncnc2[nH]ncc12. The van der Waals surface area contributed by atoms with Crippen LogP contribution in [0.15, 0.2) is 36.8 Å². The summed E-state index contributed by atoms with van der Waals surface area (Å²) in [6, 6.07) is 4.76. The molecule has 0 unspecified atom stereocenters. The molecule has 0 radical (unpaired) electrons. The quantitative estimate of drug-likeness (QED) is 0.633.